The van der Waals surface area contributed by atoms with E-state index >= 15 is 0 Å². The zero-order chi connectivity index (χ0) is 28.7. The van der Waals surface area contributed by atoms with Gasteiger partial charge in [-0.25, -0.2) is 0 Å². The van der Waals surface area contributed by atoms with Gasteiger partial charge >= 0.3 is 5.97 Å². The van der Waals surface area contributed by atoms with Crippen LogP contribution in [0.5, 0.6) is 5.75 Å². The number of hydrogen-bond donors (Lipinski definition) is 0. The molecular formula is C36H36N2O2S. The van der Waals surface area contributed by atoms with E-state index < -0.39 is 10.8 Å². The monoisotopic (exact) mass is 560 g/mol. The number of piperidine rings is 1. The molecule has 2 unspecified atom stereocenters. The molecule has 1 fully saturated rings. The van der Waals surface area contributed by atoms with Gasteiger partial charge in [0.2, 0.25) is 0 Å². The first-order valence-electron chi connectivity index (χ1n) is 14.2. The van der Waals surface area contributed by atoms with Crippen molar-refractivity contribution in [2.75, 3.05) is 25.9 Å². The van der Waals surface area contributed by atoms with E-state index in [9.17, 15) is 10.1 Å². The Kier molecular flexibility index (Phi) is 8.93. The van der Waals surface area contributed by atoms with E-state index in [0.717, 1.165) is 41.2 Å². The van der Waals surface area contributed by atoms with E-state index in [-0.39, 0.29) is 11.9 Å². The second-order valence-electron chi connectivity index (χ2n) is 10.8. The molecule has 5 heteroatoms. The number of hydrogen-bond acceptors (Lipinski definition) is 5. The van der Waals surface area contributed by atoms with E-state index in [2.05, 4.69) is 54.3 Å². The van der Waals surface area contributed by atoms with Gasteiger partial charge in [-0.2, -0.15) is 5.26 Å². The van der Waals surface area contributed by atoms with E-state index in [1.54, 1.807) is 11.8 Å². The molecule has 1 heterocycles. The number of nitrogens with zero attached hydrogens (tertiary/aromatic N) is 2. The Hall–Kier alpha value is -3.85. The maximum atomic E-state index is 14.1. The molecule has 1 saturated heterocycles. The predicted molar refractivity (Wildman–Crippen MR) is 166 cm³/mol. The number of para-hydroxylation sites is 1. The minimum absolute atomic E-state index is 0.0116. The van der Waals surface area contributed by atoms with Crippen molar-refractivity contribution in [3.63, 3.8) is 0 Å². The van der Waals surface area contributed by atoms with Crippen LogP contribution in [0.1, 0.15) is 36.5 Å². The molecule has 1 aliphatic rings. The summed E-state index contributed by atoms with van der Waals surface area (Å²) >= 11 is 1.58. The van der Waals surface area contributed by atoms with Crippen molar-refractivity contribution < 1.29 is 9.53 Å². The van der Waals surface area contributed by atoms with Gasteiger partial charge in [-0.3, -0.25) is 4.79 Å². The second-order valence-corrected chi connectivity index (χ2v) is 11.7. The summed E-state index contributed by atoms with van der Waals surface area (Å²) in [6.07, 6.45) is 3.30. The highest BCUT2D eigenvalue weighted by atomic mass is 32.2. The highest BCUT2D eigenvalue weighted by Gasteiger charge is 2.50. The first kappa shape index (κ1) is 28.7. The van der Waals surface area contributed by atoms with Crippen molar-refractivity contribution >= 4 is 17.7 Å². The lowest BCUT2D eigenvalue weighted by Crippen LogP contribution is -2.55. The lowest BCUT2D eigenvalue weighted by atomic mass is 9.66. The normalized spacial score (nSPS) is 19.3. The smallest absolute Gasteiger partial charge is 0.322 e. The van der Waals surface area contributed by atoms with Gasteiger partial charge < -0.3 is 9.64 Å². The molecule has 0 amide bonds. The van der Waals surface area contributed by atoms with Crippen molar-refractivity contribution in [1.29, 1.82) is 5.26 Å². The Morgan fingerprint density at radius 2 is 1.49 bits per heavy atom. The summed E-state index contributed by atoms with van der Waals surface area (Å²) in [7, 11) is 0. The Morgan fingerprint density at radius 3 is 2.05 bits per heavy atom. The van der Waals surface area contributed by atoms with Gasteiger partial charge in [0.1, 0.15) is 11.2 Å². The average molecular weight is 561 g/mol. The Labute approximate surface area is 248 Å². The Bertz CT molecular complexity index is 1450. The number of carbonyl (C=O) groups excluding carboxylic acids is 1. The van der Waals surface area contributed by atoms with Crippen LogP contribution in [-0.2, 0) is 15.6 Å². The van der Waals surface area contributed by atoms with Crippen LogP contribution in [0.25, 0.3) is 0 Å². The molecule has 4 aromatic carbocycles. The fourth-order valence-corrected chi connectivity index (χ4v) is 6.83. The quantitative estimate of drug-likeness (QED) is 0.121. The lowest BCUT2D eigenvalue weighted by molar-refractivity contribution is -0.146. The van der Waals surface area contributed by atoms with Gasteiger partial charge in [-0.15, -0.1) is 11.8 Å². The standard InChI is InChI=1S/C36H36N2O2S/c1-28-26-38(24-22-35(27-37,29-14-6-3-7-15-29)30-16-8-4-9-17-30)25-23-36(28,31-18-10-5-11-19-31)34(39)40-32-20-12-13-21-33(32)41-2/h3-21,28H,22-26H2,1-2H3. The van der Waals surface area contributed by atoms with Crippen molar-refractivity contribution in [2.24, 2.45) is 5.92 Å². The van der Waals surface area contributed by atoms with Crippen LogP contribution in [-0.4, -0.2) is 36.8 Å². The summed E-state index contributed by atoms with van der Waals surface area (Å²) in [5.74, 6) is 0.425. The fourth-order valence-electron chi connectivity index (χ4n) is 6.31. The summed E-state index contributed by atoms with van der Waals surface area (Å²) in [5.41, 5.74) is 1.51. The Morgan fingerprint density at radius 1 is 0.927 bits per heavy atom. The number of likely N-dealkylation sites (tertiary alicyclic amines) is 1. The third-order valence-corrected chi connectivity index (χ3v) is 9.42. The third-order valence-electron chi connectivity index (χ3n) is 8.65. The number of ether oxygens (including phenoxy) is 1. The summed E-state index contributed by atoms with van der Waals surface area (Å²) < 4.78 is 6.17. The van der Waals surface area contributed by atoms with E-state index in [0.29, 0.717) is 18.6 Å². The molecule has 0 N–H and O–H groups in total. The van der Waals surface area contributed by atoms with E-state index in [1.807, 2.05) is 85.1 Å². The number of rotatable bonds is 9. The van der Waals surface area contributed by atoms with Gasteiger partial charge in [0.15, 0.2) is 0 Å². The molecule has 0 aromatic heterocycles. The second kappa shape index (κ2) is 12.8. The number of carbonyl (C=O) groups is 1. The molecule has 2 atom stereocenters. The third kappa shape index (κ3) is 5.68. The van der Waals surface area contributed by atoms with Crippen molar-refractivity contribution in [3.8, 4) is 11.8 Å². The van der Waals surface area contributed by atoms with Crippen LogP contribution >= 0.6 is 11.8 Å². The summed E-state index contributed by atoms with van der Waals surface area (Å²) in [5, 5.41) is 10.6. The number of thioether (sulfide) groups is 1. The van der Waals surface area contributed by atoms with E-state index in [1.165, 1.54) is 0 Å². The molecule has 4 aromatic rings. The molecule has 0 bridgehead atoms. The lowest BCUT2D eigenvalue weighted by Gasteiger charge is -2.45. The molecule has 0 saturated carbocycles. The highest BCUT2D eigenvalue weighted by Crippen LogP contribution is 2.43. The van der Waals surface area contributed by atoms with Crippen molar-refractivity contribution in [3.05, 3.63) is 132 Å². The Balaban J connectivity index is 1.40. The van der Waals surface area contributed by atoms with Crippen LogP contribution in [0.15, 0.2) is 120 Å². The molecule has 4 nitrogen and oxygen atoms in total. The van der Waals surface area contributed by atoms with Gasteiger partial charge in [-0.05, 0) is 60.4 Å². The predicted octanol–water partition coefficient (Wildman–Crippen LogP) is 7.49. The minimum Gasteiger partial charge on any atom is -0.425 e. The maximum absolute atomic E-state index is 14.1. The van der Waals surface area contributed by atoms with E-state index in [4.69, 9.17) is 4.74 Å². The zero-order valence-corrected chi connectivity index (χ0v) is 24.5. The van der Waals surface area contributed by atoms with Gasteiger partial charge in [-0.1, -0.05) is 110 Å². The maximum Gasteiger partial charge on any atom is 0.322 e. The fraction of sp³-hybridized carbons (Fsp3) is 0.278. The topological polar surface area (TPSA) is 53.3 Å². The average Bonchev–Trinajstić information content (AvgIpc) is 3.03. The molecule has 208 valence electrons. The largest absolute Gasteiger partial charge is 0.425 e. The number of benzene rings is 4. The van der Waals surface area contributed by atoms with Gasteiger partial charge in [0.25, 0.3) is 0 Å². The molecule has 41 heavy (non-hydrogen) atoms. The first-order chi connectivity index (χ1) is 20.0. The number of nitriles is 1. The van der Waals surface area contributed by atoms with Gasteiger partial charge in [0, 0.05) is 18.0 Å². The molecule has 0 spiro atoms. The van der Waals surface area contributed by atoms with Crippen LogP contribution in [0, 0.1) is 17.2 Å². The molecular weight excluding hydrogens is 524 g/mol. The van der Waals surface area contributed by atoms with Crippen molar-refractivity contribution in [2.45, 2.75) is 35.5 Å². The summed E-state index contributed by atoms with van der Waals surface area (Å²) in [6, 6.07) is 40.7. The zero-order valence-electron chi connectivity index (χ0n) is 23.7. The summed E-state index contributed by atoms with van der Waals surface area (Å²) in [6.45, 7) is 4.38. The van der Waals surface area contributed by atoms with Crippen LogP contribution in [0.2, 0.25) is 0 Å². The molecule has 0 radical (unpaired) electrons. The molecule has 5 rings (SSSR count). The summed E-state index contributed by atoms with van der Waals surface area (Å²) in [4.78, 5) is 17.5. The SMILES string of the molecule is CSc1ccccc1OC(=O)C1(c2ccccc2)CCN(CCC(C#N)(c2ccccc2)c2ccccc2)CC1C. The minimum atomic E-state index is -0.755. The van der Waals surface area contributed by atoms with Crippen LogP contribution in [0.4, 0.5) is 0 Å². The highest BCUT2D eigenvalue weighted by molar-refractivity contribution is 7.98. The first-order valence-corrected chi connectivity index (χ1v) is 15.4. The van der Waals surface area contributed by atoms with Gasteiger partial charge in [0.05, 0.1) is 11.5 Å². The van der Waals surface area contributed by atoms with Crippen LogP contribution in [0.3, 0.4) is 0 Å². The van der Waals surface area contributed by atoms with Crippen molar-refractivity contribution in [1.82, 2.24) is 4.90 Å². The molecule has 1 aliphatic heterocycles. The van der Waals surface area contributed by atoms with Crippen LogP contribution < -0.4 is 4.74 Å². The molecule has 0 aliphatic carbocycles. The number of esters is 1.